The number of nitrogens with one attached hydrogen (secondary N) is 1. The van der Waals surface area contributed by atoms with Gasteiger partial charge in [0.05, 0.1) is 5.69 Å². The summed E-state index contributed by atoms with van der Waals surface area (Å²) < 4.78 is 39.2. The standard InChI is InChI=1S/C17H19ClFN3O3S/c1-10(2)13-9-15(22(5)21-13)20-16(23)17(3,4)26(24,25)14-7-6-11(18)8-12(14)19/h6-9H,1H2,2-5H3,(H,20,23). The third kappa shape index (κ3) is 3.52. The number of nitrogens with zero attached hydrogens (tertiary/aromatic N) is 2. The molecular formula is C17H19ClFN3O3S. The Morgan fingerprint density at radius 2 is 1.96 bits per heavy atom. The third-order valence-corrected chi connectivity index (χ3v) is 6.64. The maximum absolute atomic E-state index is 14.1. The Morgan fingerprint density at radius 3 is 2.46 bits per heavy atom. The molecule has 1 heterocycles. The van der Waals surface area contributed by atoms with Crippen LogP contribution in [0.1, 0.15) is 26.5 Å². The van der Waals surface area contributed by atoms with Crippen LogP contribution in [0.25, 0.3) is 5.57 Å². The third-order valence-electron chi connectivity index (χ3n) is 3.96. The molecule has 0 saturated carbocycles. The number of hydrogen-bond acceptors (Lipinski definition) is 4. The molecule has 0 bridgehead atoms. The first kappa shape index (κ1) is 20.1. The molecule has 26 heavy (non-hydrogen) atoms. The summed E-state index contributed by atoms with van der Waals surface area (Å²) in [5, 5.41) is 6.75. The van der Waals surface area contributed by atoms with Gasteiger partial charge in [-0.15, -0.1) is 0 Å². The minimum atomic E-state index is -4.32. The molecule has 0 spiro atoms. The molecule has 0 aliphatic carbocycles. The summed E-state index contributed by atoms with van der Waals surface area (Å²) >= 11 is 5.67. The molecule has 1 aromatic carbocycles. The lowest BCUT2D eigenvalue weighted by atomic mass is 10.2. The number of anilines is 1. The number of carbonyl (C=O) groups is 1. The lowest BCUT2D eigenvalue weighted by Gasteiger charge is -2.24. The number of aryl methyl sites for hydroxylation is 1. The molecule has 1 aromatic heterocycles. The van der Waals surface area contributed by atoms with E-state index < -0.39 is 31.2 Å². The zero-order chi connectivity index (χ0) is 19.9. The molecule has 0 radical (unpaired) electrons. The lowest BCUT2D eigenvalue weighted by molar-refractivity contribution is -0.117. The van der Waals surface area contributed by atoms with E-state index in [1.165, 1.54) is 24.6 Å². The molecule has 1 amide bonds. The average Bonchev–Trinajstić information content (AvgIpc) is 2.88. The van der Waals surface area contributed by atoms with E-state index in [-0.39, 0.29) is 5.02 Å². The number of aromatic nitrogens is 2. The number of amides is 1. The highest BCUT2D eigenvalue weighted by atomic mass is 35.5. The zero-order valence-electron chi connectivity index (χ0n) is 14.8. The summed E-state index contributed by atoms with van der Waals surface area (Å²) in [5.74, 6) is -1.53. The van der Waals surface area contributed by atoms with Gasteiger partial charge in [-0.2, -0.15) is 5.10 Å². The average molecular weight is 400 g/mol. The molecule has 6 nitrogen and oxygen atoms in total. The van der Waals surface area contributed by atoms with E-state index in [0.717, 1.165) is 12.1 Å². The number of rotatable bonds is 5. The summed E-state index contributed by atoms with van der Waals surface area (Å²) in [6.07, 6.45) is 0. The van der Waals surface area contributed by atoms with Gasteiger partial charge in [-0.1, -0.05) is 18.2 Å². The van der Waals surface area contributed by atoms with Crippen LogP contribution in [0.3, 0.4) is 0 Å². The van der Waals surface area contributed by atoms with Crippen LogP contribution < -0.4 is 5.32 Å². The van der Waals surface area contributed by atoms with E-state index >= 15 is 0 Å². The SMILES string of the molecule is C=C(C)c1cc(NC(=O)C(C)(C)S(=O)(=O)c2ccc(Cl)cc2F)n(C)n1. The number of sulfone groups is 1. The molecular weight excluding hydrogens is 381 g/mol. The first-order chi connectivity index (χ1) is 11.9. The van der Waals surface area contributed by atoms with Crippen molar-refractivity contribution in [3.63, 3.8) is 0 Å². The van der Waals surface area contributed by atoms with Gasteiger partial charge >= 0.3 is 0 Å². The fourth-order valence-electron chi connectivity index (χ4n) is 2.15. The van der Waals surface area contributed by atoms with Crippen LogP contribution in [0.2, 0.25) is 5.02 Å². The highest BCUT2D eigenvalue weighted by molar-refractivity contribution is 7.93. The number of benzene rings is 1. The molecule has 0 aliphatic rings. The molecule has 0 aliphatic heterocycles. The predicted octanol–water partition coefficient (Wildman–Crippen LogP) is 3.44. The van der Waals surface area contributed by atoms with Gasteiger partial charge in [0.15, 0.2) is 9.84 Å². The van der Waals surface area contributed by atoms with E-state index in [2.05, 4.69) is 17.0 Å². The second-order valence-electron chi connectivity index (χ2n) is 6.36. The Kier molecular flexibility index (Phi) is 5.30. The van der Waals surface area contributed by atoms with Crippen LogP contribution in [0.4, 0.5) is 10.2 Å². The summed E-state index contributed by atoms with van der Waals surface area (Å²) in [5.41, 5.74) is 1.25. The first-order valence-electron chi connectivity index (χ1n) is 7.59. The van der Waals surface area contributed by atoms with Gasteiger partial charge in [-0.25, -0.2) is 12.8 Å². The van der Waals surface area contributed by atoms with Crippen molar-refractivity contribution in [2.75, 3.05) is 5.32 Å². The molecule has 140 valence electrons. The Balaban J connectivity index is 2.39. The molecule has 1 N–H and O–H groups in total. The minimum Gasteiger partial charge on any atom is -0.310 e. The Bertz CT molecular complexity index is 997. The van der Waals surface area contributed by atoms with Crippen molar-refractivity contribution in [2.24, 2.45) is 7.05 Å². The van der Waals surface area contributed by atoms with Crippen molar-refractivity contribution in [3.05, 3.63) is 47.4 Å². The van der Waals surface area contributed by atoms with Crippen LogP contribution in [0.5, 0.6) is 0 Å². The molecule has 2 rings (SSSR count). The summed E-state index contributed by atoms with van der Waals surface area (Å²) in [6, 6.07) is 4.77. The molecule has 0 fully saturated rings. The molecule has 9 heteroatoms. The van der Waals surface area contributed by atoms with Gasteiger partial charge in [0.1, 0.15) is 21.3 Å². The molecule has 2 aromatic rings. The number of hydrogen-bond donors (Lipinski definition) is 1. The highest BCUT2D eigenvalue weighted by Crippen LogP contribution is 2.30. The van der Waals surface area contributed by atoms with Crippen molar-refractivity contribution in [3.8, 4) is 0 Å². The molecule has 0 atom stereocenters. The number of allylic oxidation sites excluding steroid dienone is 1. The second kappa shape index (κ2) is 6.85. The fraction of sp³-hybridized carbons (Fsp3) is 0.294. The Morgan fingerprint density at radius 1 is 1.35 bits per heavy atom. The molecule has 0 saturated heterocycles. The van der Waals surface area contributed by atoms with Crippen molar-refractivity contribution < 1.29 is 17.6 Å². The van der Waals surface area contributed by atoms with Crippen molar-refractivity contribution in [1.82, 2.24) is 9.78 Å². The second-order valence-corrected chi connectivity index (χ2v) is 9.27. The maximum Gasteiger partial charge on any atom is 0.246 e. The Labute approximate surface area is 156 Å². The van der Waals surface area contributed by atoms with Crippen LogP contribution >= 0.6 is 11.6 Å². The normalized spacial score (nSPS) is 12.1. The van der Waals surface area contributed by atoms with Gasteiger partial charge in [-0.05, 0) is 44.5 Å². The van der Waals surface area contributed by atoms with Gasteiger partial charge in [0, 0.05) is 18.1 Å². The Hall–Kier alpha value is -2.19. The van der Waals surface area contributed by atoms with Gasteiger partial charge < -0.3 is 5.32 Å². The van der Waals surface area contributed by atoms with Crippen molar-refractivity contribution in [2.45, 2.75) is 30.4 Å². The van der Waals surface area contributed by atoms with E-state index in [0.29, 0.717) is 17.1 Å². The van der Waals surface area contributed by atoms with E-state index in [1.54, 1.807) is 20.0 Å². The topological polar surface area (TPSA) is 81.1 Å². The lowest BCUT2D eigenvalue weighted by Crippen LogP contribution is -2.45. The quantitative estimate of drug-likeness (QED) is 0.835. The van der Waals surface area contributed by atoms with Crippen LogP contribution in [-0.2, 0) is 21.7 Å². The van der Waals surface area contributed by atoms with Crippen LogP contribution in [0.15, 0.2) is 35.7 Å². The highest BCUT2D eigenvalue weighted by Gasteiger charge is 2.44. The minimum absolute atomic E-state index is 0.0610. The first-order valence-corrected chi connectivity index (χ1v) is 9.45. The smallest absolute Gasteiger partial charge is 0.246 e. The van der Waals surface area contributed by atoms with E-state index in [1.807, 2.05) is 0 Å². The van der Waals surface area contributed by atoms with Crippen LogP contribution in [-0.4, -0.2) is 28.9 Å². The predicted molar refractivity (Wildman–Crippen MR) is 99.2 cm³/mol. The van der Waals surface area contributed by atoms with E-state index in [9.17, 15) is 17.6 Å². The summed E-state index contributed by atoms with van der Waals surface area (Å²) in [6.45, 7) is 7.94. The largest absolute Gasteiger partial charge is 0.310 e. The fourth-order valence-corrected chi connectivity index (χ4v) is 3.72. The zero-order valence-corrected chi connectivity index (χ0v) is 16.4. The molecule has 0 unspecified atom stereocenters. The monoisotopic (exact) mass is 399 g/mol. The summed E-state index contributed by atoms with van der Waals surface area (Å²) in [4.78, 5) is 12.1. The summed E-state index contributed by atoms with van der Waals surface area (Å²) in [7, 11) is -2.72. The maximum atomic E-state index is 14.1. The van der Waals surface area contributed by atoms with Gasteiger partial charge in [0.2, 0.25) is 5.91 Å². The van der Waals surface area contributed by atoms with Gasteiger partial charge in [-0.3, -0.25) is 9.48 Å². The van der Waals surface area contributed by atoms with Gasteiger partial charge in [0.25, 0.3) is 0 Å². The van der Waals surface area contributed by atoms with Crippen LogP contribution in [0, 0.1) is 5.82 Å². The number of carbonyl (C=O) groups excluding carboxylic acids is 1. The van der Waals surface area contributed by atoms with Crippen molar-refractivity contribution in [1.29, 1.82) is 0 Å². The van der Waals surface area contributed by atoms with E-state index in [4.69, 9.17) is 11.6 Å². The van der Waals surface area contributed by atoms with Crippen molar-refractivity contribution >= 4 is 38.7 Å². The number of halogens is 2.